The van der Waals surface area contributed by atoms with E-state index in [4.69, 9.17) is 0 Å². The first kappa shape index (κ1) is 22.2. The van der Waals surface area contributed by atoms with Gasteiger partial charge in [-0.2, -0.15) is 0 Å². The summed E-state index contributed by atoms with van der Waals surface area (Å²) in [5.41, 5.74) is 4.06. The number of likely N-dealkylation sites (tertiary alicyclic amines) is 1. The lowest BCUT2D eigenvalue weighted by atomic mass is 10.0. The highest BCUT2D eigenvalue weighted by atomic mass is 16.6. The highest BCUT2D eigenvalue weighted by Crippen LogP contribution is 2.12. The van der Waals surface area contributed by atoms with Gasteiger partial charge in [-0.05, 0) is 5.56 Å². The van der Waals surface area contributed by atoms with Crippen LogP contribution in [0.25, 0.3) is 0 Å². The van der Waals surface area contributed by atoms with Crippen LogP contribution in [0.2, 0.25) is 0 Å². The minimum atomic E-state index is -0.303. The van der Waals surface area contributed by atoms with Crippen LogP contribution in [0.3, 0.4) is 0 Å². The summed E-state index contributed by atoms with van der Waals surface area (Å²) in [6.07, 6.45) is 3.49. The molecule has 4 rings (SSSR count). The lowest BCUT2D eigenvalue weighted by Gasteiger charge is -2.34. The summed E-state index contributed by atoms with van der Waals surface area (Å²) >= 11 is 0. The summed E-state index contributed by atoms with van der Waals surface area (Å²) in [5.74, 6) is 0. The molecule has 166 valence electrons. The van der Waals surface area contributed by atoms with E-state index in [0.29, 0.717) is 6.04 Å². The van der Waals surface area contributed by atoms with Gasteiger partial charge in [0.25, 0.3) is 5.69 Å². The van der Waals surface area contributed by atoms with E-state index in [1.54, 1.807) is 23.1 Å². The molecule has 1 aliphatic heterocycles. The Labute approximate surface area is 190 Å². The van der Waals surface area contributed by atoms with Crippen LogP contribution in [0, 0.1) is 10.1 Å². The van der Waals surface area contributed by atoms with E-state index in [0.717, 1.165) is 44.7 Å². The number of nitrogens with zero attached hydrogens (tertiary/aromatic N) is 1. The molecule has 0 radical (unpaired) electrons. The van der Waals surface area contributed by atoms with Crippen LogP contribution in [-0.2, 0) is 19.5 Å². The average molecular weight is 432 g/mol. The molecule has 0 spiro atoms. The number of nitro groups is 1. The van der Waals surface area contributed by atoms with E-state index in [1.165, 1.54) is 28.9 Å². The van der Waals surface area contributed by atoms with Crippen LogP contribution in [0.1, 0.15) is 29.5 Å². The summed E-state index contributed by atoms with van der Waals surface area (Å²) in [5, 5.41) is 11.1. The first-order chi connectivity index (χ1) is 15.7. The lowest BCUT2D eigenvalue weighted by molar-refractivity contribution is -0.970. The molecule has 32 heavy (non-hydrogen) atoms. The van der Waals surface area contributed by atoms with Crippen LogP contribution >= 0.6 is 0 Å². The van der Waals surface area contributed by atoms with Crippen molar-refractivity contribution in [1.82, 2.24) is 0 Å². The Bertz CT molecular complexity index is 986. The van der Waals surface area contributed by atoms with Crippen molar-refractivity contribution in [3.63, 3.8) is 0 Å². The van der Waals surface area contributed by atoms with Gasteiger partial charge >= 0.3 is 0 Å². The molecule has 3 aromatic carbocycles. The number of piperidine rings is 1. The SMILES string of the molecule is O=[N+]([O-])c1cccc(C[NH+]2CCC([NH+](CCc3ccccc3)Cc3ccccc3)CC2)c1. The van der Waals surface area contributed by atoms with Gasteiger partial charge in [-0.15, -0.1) is 0 Å². The standard InChI is InChI=1S/C27H31N3O2/c31-30(32)27-13-7-12-25(20-27)21-28-17-15-26(16-18-28)29(22-24-10-5-2-6-11-24)19-14-23-8-3-1-4-9-23/h1-13,20,26H,14-19,21-22H2/p+2. The maximum Gasteiger partial charge on any atom is 0.269 e. The molecule has 1 atom stereocenters. The maximum atomic E-state index is 11.1. The first-order valence-corrected chi connectivity index (χ1v) is 11.7. The fraction of sp³-hybridized carbons (Fsp3) is 0.333. The number of non-ortho nitro benzene ring substituents is 1. The van der Waals surface area contributed by atoms with Crippen LogP contribution in [-0.4, -0.2) is 30.6 Å². The number of quaternary nitrogens is 2. The smallest absolute Gasteiger partial charge is 0.269 e. The number of nitro benzene ring substituents is 1. The second-order valence-corrected chi connectivity index (χ2v) is 8.93. The van der Waals surface area contributed by atoms with Crippen molar-refractivity contribution < 1.29 is 14.7 Å². The molecule has 1 aliphatic rings. The average Bonchev–Trinajstić information content (AvgIpc) is 2.84. The third-order valence-electron chi connectivity index (χ3n) is 6.70. The molecule has 0 aromatic heterocycles. The normalized spacial score (nSPS) is 19.4. The van der Waals surface area contributed by atoms with Crippen molar-refractivity contribution >= 4 is 5.69 Å². The molecule has 0 saturated carbocycles. The van der Waals surface area contributed by atoms with Gasteiger partial charge in [-0.1, -0.05) is 72.8 Å². The second kappa shape index (κ2) is 11.0. The number of hydrogen-bond donors (Lipinski definition) is 2. The molecule has 5 heteroatoms. The van der Waals surface area contributed by atoms with Crippen molar-refractivity contribution in [2.45, 2.75) is 38.4 Å². The Hall–Kier alpha value is -3.02. The fourth-order valence-corrected chi connectivity index (χ4v) is 4.92. The summed E-state index contributed by atoms with van der Waals surface area (Å²) in [4.78, 5) is 14.0. The minimum Gasteiger partial charge on any atom is -0.331 e. The Morgan fingerprint density at radius 1 is 0.844 bits per heavy atom. The molecule has 5 nitrogen and oxygen atoms in total. The van der Waals surface area contributed by atoms with E-state index in [9.17, 15) is 10.1 Å². The second-order valence-electron chi connectivity index (χ2n) is 8.93. The van der Waals surface area contributed by atoms with Crippen molar-refractivity contribution in [2.24, 2.45) is 0 Å². The third-order valence-corrected chi connectivity index (χ3v) is 6.70. The topological polar surface area (TPSA) is 52.0 Å². The largest absolute Gasteiger partial charge is 0.331 e. The van der Waals surface area contributed by atoms with Gasteiger partial charge in [0.1, 0.15) is 13.1 Å². The summed E-state index contributed by atoms with van der Waals surface area (Å²) < 4.78 is 0. The highest BCUT2D eigenvalue weighted by Gasteiger charge is 2.30. The van der Waals surface area contributed by atoms with Gasteiger partial charge in [0.05, 0.1) is 30.6 Å². The zero-order chi connectivity index (χ0) is 22.2. The Morgan fingerprint density at radius 3 is 2.12 bits per heavy atom. The van der Waals surface area contributed by atoms with Gasteiger partial charge in [0, 0.05) is 42.5 Å². The van der Waals surface area contributed by atoms with Gasteiger partial charge in [0.2, 0.25) is 0 Å². The van der Waals surface area contributed by atoms with Crippen molar-refractivity contribution in [3.8, 4) is 0 Å². The number of nitrogens with one attached hydrogen (secondary N) is 2. The van der Waals surface area contributed by atoms with Crippen LogP contribution < -0.4 is 9.80 Å². The van der Waals surface area contributed by atoms with Crippen LogP contribution in [0.15, 0.2) is 84.9 Å². The summed E-state index contributed by atoms with van der Waals surface area (Å²) in [7, 11) is 0. The van der Waals surface area contributed by atoms with E-state index < -0.39 is 0 Å². The zero-order valence-corrected chi connectivity index (χ0v) is 18.6. The maximum absolute atomic E-state index is 11.1. The highest BCUT2D eigenvalue weighted by molar-refractivity contribution is 5.33. The first-order valence-electron chi connectivity index (χ1n) is 11.7. The lowest BCUT2D eigenvalue weighted by Crippen LogP contribution is -3.19. The van der Waals surface area contributed by atoms with E-state index >= 15 is 0 Å². The molecule has 1 unspecified atom stereocenters. The molecule has 0 bridgehead atoms. The molecule has 1 fully saturated rings. The molecule has 1 heterocycles. The van der Waals surface area contributed by atoms with Crippen molar-refractivity contribution in [3.05, 3.63) is 112 Å². The predicted octanol–water partition coefficient (Wildman–Crippen LogP) is 2.47. The van der Waals surface area contributed by atoms with Gasteiger partial charge < -0.3 is 9.80 Å². The van der Waals surface area contributed by atoms with Gasteiger partial charge in [-0.3, -0.25) is 10.1 Å². The van der Waals surface area contributed by atoms with Gasteiger partial charge in [0.15, 0.2) is 0 Å². The van der Waals surface area contributed by atoms with Crippen molar-refractivity contribution in [2.75, 3.05) is 19.6 Å². The van der Waals surface area contributed by atoms with Gasteiger partial charge in [-0.25, -0.2) is 0 Å². The molecule has 2 N–H and O–H groups in total. The molecular weight excluding hydrogens is 398 g/mol. The number of hydrogen-bond acceptors (Lipinski definition) is 2. The summed E-state index contributed by atoms with van der Waals surface area (Å²) in [6, 6.07) is 29.4. The quantitative estimate of drug-likeness (QED) is 0.404. The van der Waals surface area contributed by atoms with E-state index in [-0.39, 0.29) is 10.6 Å². The Morgan fingerprint density at radius 2 is 1.47 bits per heavy atom. The molecule has 0 amide bonds. The predicted molar refractivity (Wildman–Crippen MR) is 127 cm³/mol. The van der Waals surface area contributed by atoms with Crippen LogP contribution in [0.4, 0.5) is 5.69 Å². The van der Waals surface area contributed by atoms with E-state index in [2.05, 4.69) is 60.7 Å². The molecule has 3 aromatic rings. The zero-order valence-electron chi connectivity index (χ0n) is 18.6. The van der Waals surface area contributed by atoms with Crippen LogP contribution in [0.5, 0.6) is 0 Å². The molecule has 1 saturated heterocycles. The number of benzene rings is 3. The molecular formula is C27H33N3O2+2. The third kappa shape index (κ3) is 6.25. The number of rotatable bonds is 9. The van der Waals surface area contributed by atoms with E-state index in [1.807, 2.05) is 6.07 Å². The fourth-order valence-electron chi connectivity index (χ4n) is 4.92. The summed E-state index contributed by atoms with van der Waals surface area (Å²) in [6.45, 7) is 5.32. The Balaban J connectivity index is 1.36. The Kier molecular flexibility index (Phi) is 7.64. The van der Waals surface area contributed by atoms with Crippen molar-refractivity contribution in [1.29, 1.82) is 0 Å². The monoisotopic (exact) mass is 431 g/mol. The minimum absolute atomic E-state index is 0.191. The molecule has 0 aliphatic carbocycles.